The molecule has 1 aliphatic heterocycles. The van der Waals surface area contributed by atoms with Gasteiger partial charge in [-0.3, -0.25) is 0 Å². The number of anilines is 2. The molecule has 2 N–H and O–H groups in total. The van der Waals surface area contributed by atoms with E-state index < -0.39 is 0 Å². The summed E-state index contributed by atoms with van der Waals surface area (Å²) in [5.74, 6) is 1.46. The molecule has 3 heterocycles. The highest BCUT2D eigenvalue weighted by molar-refractivity contribution is 8.01. The molecule has 0 saturated heterocycles. The van der Waals surface area contributed by atoms with Crippen LogP contribution in [0.15, 0.2) is 66.0 Å². The summed E-state index contributed by atoms with van der Waals surface area (Å²) in [4.78, 5) is 4.11. The van der Waals surface area contributed by atoms with Gasteiger partial charge in [-0.05, 0) is 23.3 Å². The van der Waals surface area contributed by atoms with Gasteiger partial charge < -0.3 is 10.5 Å². The minimum atomic E-state index is 0.269. The quantitative estimate of drug-likeness (QED) is 0.434. The van der Waals surface area contributed by atoms with E-state index in [1.165, 1.54) is 26.0 Å². The lowest BCUT2D eigenvalue weighted by atomic mass is 9.61. The summed E-state index contributed by atoms with van der Waals surface area (Å²) in [6.07, 6.45) is 13.7. The topological polar surface area (TPSA) is 24.1 Å². The molecular formula is C19H19BN2S3. The van der Waals surface area contributed by atoms with Gasteiger partial charge in [-0.25, -0.2) is 0 Å². The van der Waals surface area contributed by atoms with Gasteiger partial charge in [-0.15, -0.1) is 34.4 Å². The molecule has 25 heavy (non-hydrogen) atoms. The molecule has 2 aromatic rings. The highest BCUT2D eigenvalue weighted by Gasteiger charge is 2.36. The molecule has 0 bridgehead atoms. The van der Waals surface area contributed by atoms with Crippen molar-refractivity contribution in [1.29, 1.82) is 0 Å². The first kappa shape index (κ1) is 16.8. The second kappa shape index (κ2) is 7.73. The lowest BCUT2D eigenvalue weighted by Gasteiger charge is -2.18. The molecule has 0 aromatic carbocycles. The molecule has 2 aromatic heterocycles. The fraction of sp³-hybridized carbons (Fsp3) is 0.158. The van der Waals surface area contributed by atoms with Crippen LogP contribution in [0.4, 0.5) is 11.4 Å². The van der Waals surface area contributed by atoms with Gasteiger partial charge in [-0.1, -0.05) is 49.1 Å². The van der Waals surface area contributed by atoms with Crippen molar-refractivity contribution in [3.8, 4) is 9.75 Å². The fourth-order valence-corrected chi connectivity index (χ4v) is 6.03. The maximum absolute atomic E-state index is 3.76. The summed E-state index contributed by atoms with van der Waals surface area (Å²) in [6.45, 7) is 4.00. The Balaban J connectivity index is 1.61. The first-order valence-electron chi connectivity index (χ1n) is 8.32. The zero-order valence-corrected chi connectivity index (χ0v) is 16.2. The van der Waals surface area contributed by atoms with Crippen molar-refractivity contribution in [2.24, 2.45) is 0 Å². The predicted molar refractivity (Wildman–Crippen MR) is 118 cm³/mol. The molecule has 0 fully saturated rings. The van der Waals surface area contributed by atoms with E-state index in [-0.39, 0.29) is 6.98 Å². The van der Waals surface area contributed by atoms with Gasteiger partial charge in [0.25, 0.3) is 0 Å². The molecule has 0 spiro atoms. The molecule has 0 amide bonds. The minimum absolute atomic E-state index is 0.269. The van der Waals surface area contributed by atoms with E-state index in [0.717, 1.165) is 12.2 Å². The Morgan fingerprint density at radius 1 is 1.32 bits per heavy atom. The summed E-state index contributed by atoms with van der Waals surface area (Å²) in [7, 11) is 0. The Labute approximate surface area is 161 Å². The number of rotatable bonds is 6. The third kappa shape index (κ3) is 3.52. The van der Waals surface area contributed by atoms with Gasteiger partial charge in [0.1, 0.15) is 0 Å². The maximum Gasteiger partial charge on any atom is 0.377 e. The van der Waals surface area contributed by atoms with Gasteiger partial charge in [0, 0.05) is 21.3 Å². The van der Waals surface area contributed by atoms with Crippen LogP contribution in [0.3, 0.4) is 0 Å². The number of nitrogens with one attached hydrogen (secondary N) is 2. The van der Waals surface area contributed by atoms with E-state index >= 15 is 0 Å². The SMILES string of the molecule is C=C/C=C\SCc1sc(-c2cccs2)c2c1NB(C1C=CC=CC1)N2. The molecule has 4 rings (SSSR count). The first-order chi connectivity index (χ1) is 12.4. The molecule has 1 aliphatic carbocycles. The van der Waals surface area contributed by atoms with E-state index in [9.17, 15) is 0 Å². The van der Waals surface area contributed by atoms with Crippen LogP contribution in [0.5, 0.6) is 0 Å². The standard InChI is InChI=1S/C19H19BN2S3/c1-2-3-11-23-13-16-17-18(19(25-16)15-10-7-12-24-15)22-20(21-17)14-8-5-4-6-9-14/h2-8,10-12,14,21-22H,1,9,13H2/b11-3-. The van der Waals surface area contributed by atoms with Crippen LogP contribution in [0.2, 0.25) is 5.82 Å². The Kier molecular flexibility index (Phi) is 5.20. The normalized spacial score (nSPS) is 18.4. The Bertz CT molecular complexity index is 833. The number of allylic oxidation sites excluding steroid dienone is 6. The van der Waals surface area contributed by atoms with Gasteiger partial charge in [-0.2, -0.15) is 0 Å². The molecule has 1 atom stereocenters. The second-order valence-corrected chi connectivity index (χ2v) is 8.88. The van der Waals surface area contributed by atoms with Crippen LogP contribution in [0, 0.1) is 0 Å². The van der Waals surface area contributed by atoms with Crippen molar-refractivity contribution >= 4 is 52.8 Å². The van der Waals surface area contributed by atoms with E-state index in [4.69, 9.17) is 0 Å². The van der Waals surface area contributed by atoms with Crippen LogP contribution in [-0.2, 0) is 5.75 Å². The monoisotopic (exact) mass is 382 g/mol. The van der Waals surface area contributed by atoms with Crippen molar-refractivity contribution in [3.63, 3.8) is 0 Å². The minimum Gasteiger partial charge on any atom is -0.406 e. The average molecular weight is 382 g/mol. The number of hydrogen-bond acceptors (Lipinski definition) is 5. The maximum atomic E-state index is 3.76. The van der Waals surface area contributed by atoms with Crippen LogP contribution >= 0.6 is 34.4 Å². The molecule has 1 unspecified atom stereocenters. The Morgan fingerprint density at radius 2 is 2.24 bits per heavy atom. The van der Waals surface area contributed by atoms with Gasteiger partial charge in [0.15, 0.2) is 0 Å². The van der Waals surface area contributed by atoms with Crippen molar-refractivity contribution in [3.05, 3.63) is 70.8 Å². The number of hydrogen-bond donors (Lipinski definition) is 2. The molecule has 126 valence electrons. The molecule has 0 radical (unpaired) electrons. The third-order valence-electron chi connectivity index (χ3n) is 4.29. The molecule has 6 heteroatoms. The average Bonchev–Trinajstić information content (AvgIpc) is 3.37. The highest BCUT2D eigenvalue weighted by atomic mass is 32.2. The van der Waals surface area contributed by atoms with E-state index in [2.05, 4.69) is 64.3 Å². The number of fused-ring (bicyclic) bond motifs is 1. The van der Waals surface area contributed by atoms with Crippen molar-refractivity contribution in [2.45, 2.75) is 18.0 Å². The number of thioether (sulfide) groups is 1. The Morgan fingerprint density at radius 3 is 3.00 bits per heavy atom. The lowest BCUT2D eigenvalue weighted by Crippen LogP contribution is -2.34. The van der Waals surface area contributed by atoms with E-state index in [1.54, 1.807) is 0 Å². The van der Waals surface area contributed by atoms with Crippen LogP contribution in [0.1, 0.15) is 11.3 Å². The highest BCUT2D eigenvalue weighted by Crippen LogP contribution is 2.50. The zero-order chi connectivity index (χ0) is 17.1. The van der Waals surface area contributed by atoms with Gasteiger partial charge in [0.05, 0.1) is 16.3 Å². The third-order valence-corrected chi connectivity index (χ3v) is 7.52. The summed E-state index contributed by atoms with van der Waals surface area (Å²) in [6, 6.07) is 4.34. The predicted octanol–water partition coefficient (Wildman–Crippen LogP) is 6.62. The lowest BCUT2D eigenvalue weighted by molar-refractivity contribution is 1.00. The molecule has 0 saturated carbocycles. The fourth-order valence-electron chi connectivity index (χ4n) is 3.09. The van der Waals surface area contributed by atoms with Crippen LogP contribution in [0.25, 0.3) is 9.75 Å². The number of thiophene rings is 2. The first-order valence-corrected chi connectivity index (χ1v) is 11.1. The molecule has 2 aliphatic rings. The molecule has 2 nitrogen and oxygen atoms in total. The van der Waals surface area contributed by atoms with Gasteiger partial charge in [0.2, 0.25) is 0 Å². The van der Waals surface area contributed by atoms with Crippen LogP contribution in [-0.4, -0.2) is 6.98 Å². The smallest absolute Gasteiger partial charge is 0.377 e. The summed E-state index contributed by atoms with van der Waals surface area (Å²) in [5, 5.41) is 11.8. The van der Waals surface area contributed by atoms with E-state index in [1.807, 2.05) is 46.6 Å². The van der Waals surface area contributed by atoms with Gasteiger partial charge >= 0.3 is 6.98 Å². The van der Waals surface area contributed by atoms with Crippen molar-refractivity contribution in [2.75, 3.05) is 10.5 Å². The molecular weight excluding hydrogens is 363 g/mol. The van der Waals surface area contributed by atoms with Crippen molar-refractivity contribution in [1.82, 2.24) is 0 Å². The summed E-state index contributed by atoms with van der Waals surface area (Å²) in [5.41, 5.74) is 2.57. The summed E-state index contributed by atoms with van der Waals surface area (Å²) >= 11 is 5.52. The zero-order valence-electron chi connectivity index (χ0n) is 13.8. The van der Waals surface area contributed by atoms with Crippen molar-refractivity contribution < 1.29 is 0 Å². The van der Waals surface area contributed by atoms with Crippen LogP contribution < -0.4 is 10.5 Å². The van der Waals surface area contributed by atoms with E-state index in [0.29, 0.717) is 5.82 Å². The Hall–Kier alpha value is -1.63. The summed E-state index contributed by atoms with van der Waals surface area (Å²) < 4.78 is 0. The second-order valence-electron chi connectivity index (χ2n) is 5.94. The largest absolute Gasteiger partial charge is 0.406 e.